The number of carbonyl (C=O) groups is 1. The maximum Gasteiger partial charge on any atom is 0.287 e. The van der Waals surface area contributed by atoms with Crippen LogP contribution in [0.4, 0.5) is 0 Å². The van der Waals surface area contributed by atoms with E-state index in [1.165, 1.54) is 0 Å². The molecule has 0 bridgehead atoms. The lowest BCUT2D eigenvalue weighted by Crippen LogP contribution is -2.31. The van der Waals surface area contributed by atoms with Gasteiger partial charge in [0.05, 0.1) is 0 Å². The third kappa shape index (κ3) is 4.12. The van der Waals surface area contributed by atoms with Gasteiger partial charge in [-0.25, -0.2) is 0 Å². The molecule has 4 heteroatoms. The Balaban J connectivity index is 1.94. The number of ether oxygens (including phenoxy) is 1. The molecule has 2 aromatic rings. The molecule has 1 aromatic heterocycles. The first-order chi connectivity index (χ1) is 10.1. The highest BCUT2D eigenvalue weighted by atomic mass is 16.5. The summed E-state index contributed by atoms with van der Waals surface area (Å²) in [7, 11) is 0. The molecule has 0 radical (unpaired) electrons. The summed E-state index contributed by atoms with van der Waals surface area (Å²) in [6.07, 6.45) is 0.885. The molecule has 1 atom stereocenters. The van der Waals surface area contributed by atoms with Crippen LogP contribution in [-0.2, 0) is 6.61 Å². The summed E-state index contributed by atoms with van der Waals surface area (Å²) in [5.74, 6) is 1.58. The normalized spacial score (nSPS) is 12.0. The van der Waals surface area contributed by atoms with Gasteiger partial charge in [-0.3, -0.25) is 4.79 Å². The zero-order valence-corrected chi connectivity index (χ0v) is 12.7. The molecule has 0 saturated carbocycles. The van der Waals surface area contributed by atoms with E-state index in [-0.39, 0.29) is 11.9 Å². The minimum Gasteiger partial charge on any atom is -0.485 e. The molecule has 112 valence electrons. The highest BCUT2D eigenvalue weighted by Crippen LogP contribution is 2.18. The van der Waals surface area contributed by atoms with Crippen molar-refractivity contribution in [1.29, 1.82) is 0 Å². The summed E-state index contributed by atoms with van der Waals surface area (Å²) in [6.45, 7) is 6.28. The summed E-state index contributed by atoms with van der Waals surface area (Å²) in [5.41, 5.74) is 1.07. The van der Waals surface area contributed by atoms with Crippen LogP contribution in [-0.4, -0.2) is 11.9 Å². The van der Waals surface area contributed by atoms with Crippen LogP contribution in [0.3, 0.4) is 0 Å². The molecule has 0 aliphatic carbocycles. The third-order valence-corrected chi connectivity index (χ3v) is 3.34. The van der Waals surface area contributed by atoms with Gasteiger partial charge in [0.2, 0.25) is 0 Å². The van der Waals surface area contributed by atoms with Crippen LogP contribution < -0.4 is 10.1 Å². The summed E-state index contributed by atoms with van der Waals surface area (Å²) >= 11 is 0. The van der Waals surface area contributed by atoms with Gasteiger partial charge in [0.1, 0.15) is 18.1 Å². The quantitative estimate of drug-likeness (QED) is 0.881. The van der Waals surface area contributed by atoms with Crippen molar-refractivity contribution in [2.75, 3.05) is 0 Å². The number of amides is 1. The van der Waals surface area contributed by atoms with E-state index in [4.69, 9.17) is 9.15 Å². The Kier molecular flexibility index (Phi) is 5.04. The molecule has 0 aliphatic rings. The van der Waals surface area contributed by atoms with Crippen LogP contribution in [0.2, 0.25) is 0 Å². The topological polar surface area (TPSA) is 51.5 Å². The number of hydrogen-bond acceptors (Lipinski definition) is 3. The summed E-state index contributed by atoms with van der Waals surface area (Å²) in [5, 5.41) is 2.87. The van der Waals surface area contributed by atoms with Crippen LogP contribution in [0.25, 0.3) is 0 Å². The van der Waals surface area contributed by atoms with E-state index in [0.29, 0.717) is 18.1 Å². The van der Waals surface area contributed by atoms with Crippen LogP contribution in [0.5, 0.6) is 5.75 Å². The fraction of sp³-hybridized carbons (Fsp3) is 0.353. The molecule has 4 nitrogen and oxygen atoms in total. The Morgan fingerprint density at radius 1 is 1.29 bits per heavy atom. The molecule has 21 heavy (non-hydrogen) atoms. The number of benzene rings is 1. The van der Waals surface area contributed by atoms with E-state index >= 15 is 0 Å². The summed E-state index contributed by atoms with van der Waals surface area (Å²) in [6, 6.07) is 11.4. The lowest BCUT2D eigenvalue weighted by molar-refractivity contribution is 0.0907. The number of rotatable bonds is 6. The Morgan fingerprint density at radius 2 is 2.05 bits per heavy atom. The maximum absolute atomic E-state index is 11.9. The number of hydrogen-bond donors (Lipinski definition) is 1. The Morgan fingerprint density at radius 3 is 2.76 bits per heavy atom. The zero-order chi connectivity index (χ0) is 15.2. The highest BCUT2D eigenvalue weighted by Gasteiger charge is 2.13. The predicted molar refractivity (Wildman–Crippen MR) is 81.4 cm³/mol. The minimum absolute atomic E-state index is 0.134. The van der Waals surface area contributed by atoms with Crippen molar-refractivity contribution < 1.29 is 13.9 Å². The first kappa shape index (κ1) is 15.2. The second kappa shape index (κ2) is 6.97. The van der Waals surface area contributed by atoms with Gasteiger partial charge in [0, 0.05) is 6.04 Å². The van der Waals surface area contributed by atoms with Gasteiger partial charge in [-0.2, -0.15) is 0 Å². The predicted octanol–water partition coefficient (Wildman–Crippen LogP) is 3.70. The van der Waals surface area contributed by atoms with Crippen LogP contribution in [0.1, 0.15) is 42.1 Å². The molecule has 0 saturated heterocycles. The molecule has 2 rings (SSSR count). The zero-order valence-electron chi connectivity index (χ0n) is 12.7. The standard InChI is InChI=1S/C17H21NO3/c1-4-13(3)18-17(19)16-10-9-14(21-16)11-20-15-8-6-5-7-12(15)2/h5-10,13H,4,11H2,1-3H3,(H,18,19)/t13-/m1/s1. The molecule has 1 amide bonds. The van der Waals surface area contributed by atoms with E-state index in [1.54, 1.807) is 12.1 Å². The fourth-order valence-corrected chi connectivity index (χ4v) is 1.84. The Hall–Kier alpha value is -2.23. The molecule has 1 N–H and O–H groups in total. The van der Waals surface area contributed by atoms with E-state index < -0.39 is 0 Å². The SMILES string of the molecule is CC[C@@H](C)NC(=O)c1ccc(COc2ccccc2C)o1. The first-order valence-corrected chi connectivity index (χ1v) is 7.18. The molecule has 0 fully saturated rings. The van der Waals surface area contributed by atoms with Crippen LogP contribution in [0.15, 0.2) is 40.8 Å². The monoisotopic (exact) mass is 287 g/mol. The summed E-state index contributed by atoms with van der Waals surface area (Å²) < 4.78 is 11.2. The van der Waals surface area contributed by atoms with Crippen LogP contribution >= 0.6 is 0 Å². The van der Waals surface area contributed by atoms with Crippen molar-refractivity contribution in [3.63, 3.8) is 0 Å². The smallest absolute Gasteiger partial charge is 0.287 e. The van der Waals surface area contributed by atoms with E-state index in [9.17, 15) is 4.79 Å². The van der Waals surface area contributed by atoms with Gasteiger partial charge in [0.25, 0.3) is 5.91 Å². The van der Waals surface area contributed by atoms with Crippen molar-refractivity contribution in [3.05, 3.63) is 53.5 Å². The van der Waals surface area contributed by atoms with E-state index in [1.807, 2.05) is 45.0 Å². The average molecular weight is 287 g/mol. The van der Waals surface area contributed by atoms with Crippen molar-refractivity contribution in [2.24, 2.45) is 0 Å². The minimum atomic E-state index is -0.188. The number of aryl methyl sites for hydroxylation is 1. The second-order valence-electron chi connectivity index (χ2n) is 5.10. The largest absolute Gasteiger partial charge is 0.485 e. The van der Waals surface area contributed by atoms with Crippen molar-refractivity contribution in [2.45, 2.75) is 39.8 Å². The lowest BCUT2D eigenvalue weighted by Gasteiger charge is -2.09. The third-order valence-electron chi connectivity index (χ3n) is 3.34. The molecular formula is C17H21NO3. The highest BCUT2D eigenvalue weighted by molar-refractivity contribution is 5.91. The summed E-state index contributed by atoms with van der Waals surface area (Å²) in [4.78, 5) is 11.9. The van der Waals surface area contributed by atoms with Gasteiger partial charge in [-0.1, -0.05) is 25.1 Å². The number of nitrogens with one attached hydrogen (secondary N) is 1. The molecule has 0 unspecified atom stereocenters. The van der Waals surface area contributed by atoms with Gasteiger partial charge in [0.15, 0.2) is 5.76 Å². The van der Waals surface area contributed by atoms with Crippen molar-refractivity contribution >= 4 is 5.91 Å². The van der Waals surface area contributed by atoms with Gasteiger partial charge in [-0.05, 0) is 44.0 Å². The van der Waals surface area contributed by atoms with Crippen molar-refractivity contribution in [1.82, 2.24) is 5.32 Å². The number of para-hydroxylation sites is 1. The Bertz CT molecular complexity index is 604. The lowest BCUT2D eigenvalue weighted by atomic mass is 10.2. The molecule has 1 heterocycles. The Labute approximate surface area is 125 Å². The molecule has 0 spiro atoms. The number of furan rings is 1. The second-order valence-corrected chi connectivity index (χ2v) is 5.10. The van der Waals surface area contributed by atoms with Gasteiger partial charge < -0.3 is 14.5 Å². The van der Waals surface area contributed by atoms with E-state index in [2.05, 4.69) is 5.32 Å². The van der Waals surface area contributed by atoms with Gasteiger partial charge >= 0.3 is 0 Å². The first-order valence-electron chi connectivity index (χ1n) is 7.18. The van der Waals surface area contributed by atoms with E-state index in [0.717, 1.165) is 17.7 Å². The average Bonchev–Trinajstić information content (AvgIpc) is 2.95. The molecule has 1 aromatic carbocycles. The molecular weight excluding hydrogens is 266 g/mol. The number of carbonyl (C=O) groups excluding carboxylic acids is 1. The van der Waals surface area contributed by atoms with Crippen LogP contribution in [0, 0.1) is 6.92 Å². The van der Waals surface area contributed by atoms with Crippen molar-refractivity contribution in [3.8, 4) is 5.75 Å². The van der Waals surface area contributed by atoms with Gasteiger partial charge in [-0.15, -0.1) is 0 Å². The maximum atomic E-state index is 11.9. The fourth-order valence-electron chi connectivity index (χ4n) is 1.84. The molecule has 0 aliphatic heterocycles.